The van der Waals surface area contributed by atoms with Gasteiger partial charge in [-0.2, -0.15) is 0 Å². The van der Waals surface area contributed by atoms with Crippen molar-refractivity contribution < 1.29 is 9.90 Å². The largest absolute Gasteiger partial charge is 0.480 e. The zero-order chi connectivity index (χ0) is 14.3. The first-order valence-corrected chi connectivity index (χ1v) is 7.54. The quantitative estimate of drug-likeness (QED) is 0.708. The summed E-state index contributed by atoms with van der Waals surface area (Å²) in [5, 5.41) is 13.3. The van der Waals surface area contributed by atoms with E-state index in [0.717, 1.165) is 32.1 Å². The van der Waals surface area contributed by atoms with Crippen LogP contribution >= 0.6 is 0 Å². The van der Waals surface area contributed by atoms with Gasteiger partial charge in [-0.25, -0.2) is 0 Å². The molecule has 2 rings (SSSR count). The maximum Gasteiger partial charge on any atom is 0.325 e. The molecular formula is C15H28N2O2. The highest BCUT2D eigenvalue weighted by molar-refractivity contribution is 5.80. The monoisotopic (exact) mass is 268 g/mol. The molecule has 4 heteroatoms. The van der Waals surface area contributed by atoms with Crippen LogP contribution in [-0.4, -0.2) is 46.7 Å². The number of hydrogen-bond donors (Lipinski definition) is 2. The number of rotatable bonds is 8. The topological polar surface area (TPSA) is 52.6 Å². The fourth-order valence-corrected chi connectivity index (χ4v) is 2.62. The molecule has 0 saturated heterocycles. The summed E-state index contributed by atoms with van der Waals surface area (Å²) in [6.45, 7) is 7.13. The van der Waals surface area contributed by atoms with Crippen molar-refractivity contribution in [1.82, 2.24) is 10.2 Å². The van der Waals surface area contributed by atoms with Gasteiger partial charge in [0.05, 0.1) is 0 Å². The molecule has 2 aliphatic rings. The molecule has 0 aromatic heterocycles. The Morgan fingerprint density at radius 1 is 1.32 bits per heavy atom. The van der Waals surface area contributed by atoms with Crippen LogP contribution in [0.3, 0.4) is 0 Å². The Bertz CT molecular complexity index is 348. The molecule has 2 N–H and O–H groups in total. The molecule has 110 valence electrons. The van der Waals surface area contributed by atoms with Gasteiger partial charge in [0, 0.05) is 18.1 Å². The molecule has 1 unspecified atom stereocenters. The molecule has 0 aromatic rings. The van der Waals surface area contributed by atoms with Gasteiger partial charge < -0.3 is 5.11 Å². The SMILES string of the molecule is CCC(C)(C)N(C)CC(NC1CC1)(C(=O)O)C1CC1. The van der Waals surface area contributed by atoms with E-state index in [0.29, 0.717) is 18.5 Å². The van der Waals surface area contributed by atoms with Crippen LogP contribution in [0.1, 0.15) is 52.9 Å². The number of carboxylic acid groups (broad SMARTS) is 1. The van der Waals surface area contributed by atoms with Gasteiger partial charge in [0.2, 0.25) is 0 Å². The van der Waals surface area contributed by atoms with Crippen molar-refractivity contribution in [3.05, 3.63) is 0 Å². The summed E-state index contributed by atoms with van der Waals surface area (Å²) in [6, 6.07) is 0.426. The first kappa shape index (κ1) is 14.8. The van der Waals surface area contributed by atoms with Gasteiger partial charge in [-0.05, 0) is 58.9 Å². The molecule has 0 radical (unpaired) electrons. The lowest BCUT2D eigenvalue weighted by Crippen LogP contribution is -2.63. The Morgan fingerprint density at radius 3 is 2.26 bits per heavy atom. The van der Waals surface area contributed by atoms with E-state index in [-0.39, 0.29) is 5.54 Å². The van der Waals surface area contributed by atoms with Crippen LogP contribution in [0.4, 0.5) is 0 Å². The zero-order valence-corrected chi connectivity index (χ0v) is 12.7. The minimum absolute atomic E-state index is 0.0425. The minimum atomic E-state index is -0.734. The van der Waals surface area contributed by atoms with Crippen molar-refractivity contribution >= 4 is 5.97 Å². The Labute approximate surface area is 116 Å². The van der Waals surface area contributed by atoms with Gasteiger partial charge in [-0.15, -0.1) is 0 Å². The van der Waals surface area contributed by atoms with Crippen LogP contribution in [0.25, 0.3) is 0 Å². The smallest absolute Gasteiger partial charge is 0.325 e. The summed E-state index contributed by atoms with van der Waals surface area (Å²) in [5.74, 6) is -0.360. The highest BCUT2D eigenvalue weighted by Gasteiger charge is 2.54. The fraction of sp³-hybridized carbons (Fsp3) is 0.933. The van der Waals surface area contributed by atoms with Crippen molar-refractivity contribution in [2.45, 2.75) is 70.0 Å². The van der Waals surface area contributed by atoms with Gasteiger partial charge in [0.1, 0.15) is 5.54 Å². The third-order valence-corrected chi connectivity index (χ3v) is 5.08. The van der Waals surface area contributed by atoms with Crippen LogP contribution in [0.5, 0.6) is 0 Å². The molecule has 0 amide bonds. The maximum absolute atomic E-state index is 11.9. The van der Waals surface area contributed by atoms with E-state index < -0.39 is 11.5 Å². The number of hydrogen-bond acceptors (Lipinski definition) is 3. The van der Waals surface area contributed by atoms with E-state index in [1.54, 1.807) is 0 Å². The first-order valence-electron chi connectivity index (χ1n) is 7.54. The molecule has 2 aliphatic carbocycles. The Kier molecular flexibility index (Phi) is 3.94. The number of carbonyl (C=O) groups is 1. The molecule has 0 aliphatic heterocycles. The van der Waals surface area contributed by atoms with Crippen molar-refractivity contribution in [3.63, 3.8) is 0 Å². The first-order chi connectivity index (χ1) is 8.82. The molecule has 2 saturated carbocycles. The number of aliphatic carboxylic acids is 1. The predicted molar refractivity (Wildman–Crippen MR) is 76.2 cm³/mol. The predicted octanol–water partition coefficient (Wildman–Crippen LogP) is 2.09. The standard InChI is InChI=1S/C15H28N2O2/c1-5-14(2,3)17(4)10-15(13(18)19,11-6-7-11)16-12-8-9-12/h11-12,16H,5-10H2,1-4H3,(H,18,19). The molecule has 0 heterocycles. The van der Waals surface area contributed by atoms with Gasteiger partial charge in [0.25, 0.3) is 0 Å². The number of likely N-dealkylation sites (N-methyl/N-ethyl adjacent to an activating group) is 1. The third kappa shape index (κ3) is 3.11. The minimum Gasteiger partial charge on any atom is -0.480 e. The second-order valence-corrected chi connectivity index (χ2v) is 6.99. The second kappa shape index (κ2) is 5.06. The van der Waals surface area contributed by atoms with Gasteiger partial charge in [-0.3, -0.25) is 15.0 Å². The number of nitrogens with one attached hydrogen (secondary N) is 1. The van der Waals surface area contributed by atoms with Crippen LogP contribution in [-0.2, 0) is 4.79 Å². The lowest BCUT2D eigenvalue weighted by Gasteiger charge is -2.42. The molecule has 0 bridgehead atoms. The molecule has 1 atom stereocenters. The summed E-state index contributed by atoms with van der Waals surface area (Å²) in [7, 11) is 2.05. The summed E-state index contributed by atoms with van der Waals surface area (Å²) >= 11 is 0. The van der Waals surface area contributed by atoms with Crippen LogP contribution in [0.2, 0.25) is 0 Å². The van der Waals surface area contributed by atoms with Gasteiger partial charge in [0.15, 0.2) is 0 Å². The fourth-order valence-electron chi connectivity index (χ4n) is 2.62. The van der Waals surface area contributed by atoms with Crippen molar-refractivity contribution in [1.29, 1.82) is 0 Å². The Balaban J connectivity index is 2.14. The highest BCUT2D eigenvalue weighted by Crippen LogP contribution is 2.43. The van der Waals surface area contributed by atoms with Crippen LogP contribution in [0, 0.1) is 5.92 Å². The summed E-state index contributed by atoms with van der Waals surface area (Å²) in [4.78, 5) is 14.1. The normalized spacial score (nSPS) is 23.4. The summed E-state index contributed by atoms with van der Waals surface area (Å²) in [5.41, 5.74) is -0.691. The lowest BCUT2D eigenvalue weighted by molar-refractivity contribution is -0.147. The van der Waals surface area contributed by atoms with E-state index in [1.807, 2.05) is 0 Å². The molecule has 0 aromatic carbocycles. The average Bonchev–Trinajstić information content (AvgIpc) is 3.19. The number of carboxylic acids is 1. The Morgan fingerprint density at radius 2 is 1.89 bits per heavy atom. The molecule has 19 heavy (non-hydrogen) atoms. The second-order valence-electron chi connectivity index (χ2n) is 6.99. The van der Waals surface area contributed by atoms with Crippen molar-refractivity contribution in [3.8, 4) is 0 Å². The van der Waals surface area contributed by atoms with E-state index in [4.69, 9.17) is 0 Å². The van der Waals surface area contributed by atoms with E-state index in [1.165, 1.54) is 0 Å². The zero-order valence-electron chi connectivity index (χ0n) is 12.7. The lowest BCUT2D eigenvalue weighted by atomic mass is 9.89. The highest BCUT2D eigenvalue weighted by atomic mass is 16.4. The number of nitrogens with zero attached hydrogens (tertiary/aromatic N) is 1. The summed E-state index contributed by atoms with van der Waals surface area (Å²) < 4.78 is 0. The molecular weight excluding hydrogens is 240 g/mol. The van der Waals surface area contributed by atoms with Gasteiger partial charge in [-0.1, -0.05) is 6.92 Å². The average molecular weight is 268 g/mol. The maximum atomic E-state index is 11.9. The molecule has 0 spiro atoms. The molecule has 4 nitrogen and oxygen atoms in total. The molecule has 2 fully saturated rings. The van der Waals surface area contributed by atoms with Gasteiger partial charge >= 0.3 is 5.97 Å². The third-order valence-electron chi connectivity index (χ3n) is 5.08. The van der Waals surface area contributed by atoms with E-state index in [2.05, 4.69) is 38.0 Å². The van der Waals surface area contributed by atoms with Crippen molar-refractivity contribution in [2.24, 2.45) is 5.92 Å². The van der Waals surface area contributed by atoms with Crippen LogP contribution < -0.4 is 5.32 Å². The van der Waals surface area contributed by atoms with E-state index >= 15 is 0 Å². The Hall–Kier alpha value is -0.610. The van der Waals surface area contributed by atoms with Crippen LogP contribution in [0.15, 0.2) is 0 Å². The summed E-state index contributed by atoms with van der Waals surface area (Å²) in [6.07, 6.45) is 5.37. The van der Waals surface area contributed by atoms with Crippen molar-refractivity contribution in [2.75, 3.05) is 13.6 Å². The van der Waals surface area contributed by atoms with E-state index in [9.17, 15) is 9.90 Å².